The maximum absolute atomic E-state index is 10.6. The van der Waals surface area contributed by atoms with Crippen molar-refractivity contribution in [2.45, 2.75) is 0 Å². The molecule has 0 aliphatic heterocycles. The summed E-state index contributed by atoms with van der Waals surface area (Å²) in [7, 11) is 0. The number of nitrogens with zero attached hydrogens (tertiary/aromatic N) is 2. The zero-order valence-electron chi connectivity index (χ0n) is 5.89. The Morgan fingerprint density at radius 2 is 2.33 bits per heavy atom. The van der Waals surface area contributed by atoms with Gasteiger partial charge in [-0.3, -0.25) is 4.79 Å². The molecule has 5 N–H and O–H groups in total. The summed E-state index contributed by atoms with van der Waals surface area (Å²) in [5.41, 5.74) is 9.98. The number of oxime groups is 1. The van der Waals surface area contributed by atoms with Gasteiger partial charge in [-0.1, -0.05) is 10.3 Å². The van der Waals surface area contributed by atoms with Crippen molar-refractivity contribution in [2.24, 2.45) is 16.6 Å². The van der Waals surface area contributed by atoms with E-state index >= 15 is 0 Å². The molecule has 7 nitrogen and oxygen atoms in total. The summed E-state index contributed by atoms with van der Waals surface area (Å²) in [5.74, 6) is -1.07. The maximum atomic E-state index is 10.6. The van der Waals surface area contributed by atoms with Crippen LogP contribution in [0.4, 0.5) is 0 Å². The van der Waals surface area contributed by atoms with Crippen LogP contribution >= 0.6 is 0 Å². The van der Waals surface area contributed by atoms with E-state index in [9.17, 15) is 4.79 Å². The number of carbonyl (C=O) groups is 1. The van der Waals surface area contributed by atoms with Crippen LogP contribution in [0.1, 0.15) is 16.1 Å². The molecule has 64 valence electrons. The summed E-state index contributed by atoms with van der Waals surface area (Å²) >= 11 is 0. The number of nitrogens with two attached hydrogens (primary N) is 2. The van der Waals surface area contributed by atoms with Crippen molar-refractivity contribution in [1.82, 2.24) is 5.16 Å². The summed E-state index contributed by atoms with van der Waals surface area (Å²) in [6.45, 7) is 0. The van der Waals surface area contributed by atoms with Crippen LogP contribution < -0.4 is 11.5 Å². The smallest absolute Gasteiger partial charge is 0.271 e. The molecule has 0 aliphatic rings. The third-order valence-corrected chi connectivity index (χ3v) is 1.19. The monoisotopic (exact) mass is 170 g/mol. The van der Waals surface area contributed by atoms with Gasteiger partial charge >= 0.3 is 0 Å². The van der Waals surface area contributed by atoms with Gasteiger partial charge in [0.1, 0.15) is 6.26 Å². The molecule has 0 atom stereocenters. The van der Waals surface area contributed by atoms with Crippen LogP contribution in [-0.4, -0.2) is 22.1 Å². The van der Waals surface area contributed by atoms with Gasteiger partial charge in [0.2, 0.25) is 0 Å². The Morgan fingerprint density at radius 3 is 2.83 bits per heavy atom. The molecule has 0 aliphatic carbocycles. The van der Waals surface area contributed by atoms with E-state index in [0.717, 1.165) is 6.26 Å². The molecule has 0 saturated carbocycles. The van der Waals surface area contributed by atoms with Crippen molar-refractivity contribution in [2.75, 3.05) is 0 Å². The van der Waals surface area contributed by atoms with Crippen molar-refractivity contribution in [1.29, 1.82) is 0 Å². The van der Waals surface area contributed by atoms with Gasteiger partial charge in [-0.25, -0.2) is 0 Å². The molecule has 0 fully saturated rings. The highest BCUT2D eigenvalue weighted by Crippen LogP contribution is 2.04. The number of carbonyl (C=O) groups excluding carboxylic acids is 1. The number of hydrogen-bond donors (Lipinski definition) is 3. The molecular formula is C5H6N4O3. The molecule has 1 rings (SSSR count). The van der Waals surface area contributed by atoms with E-state index in [4.69, 9.17) is 16.7 Å². The summed E-state index contributed by atoms with van der Waals surface area (Å²) in [4.78, 5) is 10.6. The van der Waals surface area contributed by atoms with E-state index in [-0.39, 0.29) is 17.1 Å². The summed E-state index contributed by atoms with van der Waals surface area (Å²) in [6.07, 6.45) is 1.06. The summed E-state index contributed by atoms with van der Waals surface area (Å²) in [5, 5.41) is 14.2. The Hall–Kier alpha value is -2.05. The third-order valence-electron chi connectivity index (χ3n) is 1.19. The largest absolute Gasteiger partial charge is 0.409 e. The number of primary amides is 1. The van der Waals surface area contributed by atoms with E-state index < -0.39 is 5.91 Å². The second kappa shape index (κ2) is 2.91. The third kappa shape index (κ3) is 1.19. The Kier molecular flexibility index (Phi) is 1.95. The Balaban J connectivity index is 3.16. The quantitative estimate of drug-likeness (QED) is 0.224. The summed E-state index contributed by atoms with van der Waals surface area (Å²) in [6, 6.07) is 0. The van der Waals surface area contributed by atoms with Gasteiger partial charge in [0, 0.05) is 0 Å². The topological polar surface area (TPSA) is 128 Å². The molecule has 1 aromatic heterocycles. The van der Waals surface area contributed by atoms with Crippen LogP contribution in [-0.2, 0) is 0 Å². The van der Waals surface area contributed by atoms with Crippen molar-refractivity contribution < 1.29 is 14.5 Å². The van der Waals surface area contributed by atoms with Crippen LogP contribution in [0, 0.1) is 0 Å². The van der Waals surface area contributed by atoms with Crippen LogP contribution in [0.25, 0.3) is 0 Å². The first-order valence-corrected chi connectivity index (χ1v) is 2.89. The zero-order valence-corrected chi connectivity index (χ0v) is 5.89. The fraction of sp³-hybridized carbons (Fsp3) is 0. The first-order valence-electron chi connectivity index (χ1n) is 2.89. The van der Waals surface area contributed by atoms with Crippen molar-refractivity contribution in [3.8, 4) is 0 Å². The van der Waals surface area contributed by atoms with Gasteiger partial charge < -0.3 is 21.2 Å². The molecular weight excluding hydrogens is 164 g/mol. The molecule has 7 heteroatoms. The van der Waals surface area contributed by atoms with E-state index in [2.05, 4.69) is 14.8 Å². The van der Waals surface area contributed by atoms with Crippen molar-refractivity contribution in [3.63, 3.8) is 0 Å². The van der Waals surface area contributed by atoms with Crippen LogP contribution in [0.2, 0.25) is 0 Å². The average Bonchev–Trinajstić information content (AvgIpc) is 2.50. The van der Waals surface area contributed by atoms with Gasteiger partial charge in [0.15, 0.2) is 11.5 Å². The molecule has 0 radical (unpaired) electrons. The number of aromatic nitrogens is 1. The lowest BCUT2D eigenvalue weighted by atomic mass is 10.2. The lowest BCUT2D eigenvalue weighted by Crippen LogP contribution is -2.20. The van der Waals surface area contributed by atoms with Crippen molar-refractivity contribution >= 4 is 11.7 Å². The molecule has 1 amide bonds. The molecule has 1 heterocycles. The first-order chi connectivity index (χ1) is 5.66. The van der Waals surface area contributed by atoms with Gasteiger partial charge in [-0.05, 0) is 0 Å². The number of amides is 1. The number of rotatable bonds is 2. The predicted octanol–water partition coefficient (Wildman–Crippen LogP) is -1.13. The maximum Gasteiger partial charge on any atom is 0.271 e. The molecule has 0 unspecified atom stereocenters. The molecule has 0 spiro atoms. The highest BCUT2D eigenvalue weighted by Gasteiger charge is 2.16. The number of hydrogen-bond acceptors (Lipinski definition) is 5. The molecule has 0 saturated heterocycles. The SMILES string of the molecule is NC(=O)c1nocc1C(N)=NO. The van der Waals surface area contributed by atoms with E-state index in [1.807, 2.05) is 0 Å². The number of amidine groups is 1. The van der Waals surface area contributed by atoms with Crippen LogP contribution in [0.3, 0.4) is 0 Å². The minimum Gasteiger partial charge on any atom is -0.409 e. The molecule has 12 heavy (non-hydrogen) atoms. The highest BCUT2D eigenvalue weighted by molar-refractivity contribution is 6.06. The van der Waals surface area contributed by atoms with Crippen LogP contribution in [0.5, 0.6) is 0 Å². The lowest BCUT2D eigenvalue weighted by Gasteiger charge is -1.92. The molecule has 1 aromatic rings. The predicted molar refractivity (Wildman–Crippen MR) is 37.5 cm³/mol. The van der Waals surface area contributed by atoms with Crippen LogP contribution in [0.15, 0.2) is 15.9 Å². The van der Waals surface area contributed by atoms with Crippen molar-refractivity contribution in [3.05, 3.63) is 17.5 Å². The summed E-state index contributed by atoms with van der Waals surface area (Å²) < 4.78 is 4.41. The molecule has 0 aromatic carbocycles. The lowest BCUT2D eigenvalue weighted by molar-refractivity contribution is 0.0991. The van der Waals surface area contributed by atoms with Gasteiger partial charge in [0.05, 0.1) is 5.56 Å². The first kappa shape index (κ1) is 8.05. The average molecular weight is 170 g/mol. The normalized spacial score (nSPS) is 11.5. The Labute approximate surface area is 66.6 Å². The fourth-order valence-electron chi connectivity index (χ4n) is 0.650. The second-order valence-corrected chi connectivity index (χ2v) is 1.93. The van der Waals surface area contributed by atoms with Gasteiger partial charge in [-0.2, -0.15) is 0 Å². The second-order valence-electron chi connectivity index (χ2n) is 1.93. The van der Waals surface area contributed by atoms with E-state index in [1.54, 1.807) is 0 Å². The standard InChI is InChI=1S/C5H6N4O3/c6-4(8-11)2-1-12-9-3(2)5(7)10/h1,11H,(H2,6,8)(H2,7,10). The zero-order chi connectivity index (χ0) is 9.14. The van der Waals surface area contributed by atoms with E-state index in [1.165, 1.54) is 0 Å². The minimum absolute atomic E-state index is 0.0741. The Bertz CT molecular complexity index is 329. The van der Waals surface area contributed by atoms with E-state index in [0.29, 0.717) is 0 Å². The van der Waals surface area contributed by atoms with Gasteiger partial charge in [0.25, 0.3) is 5.91 Å². The Morgan fingerprint density at radius 1 is 1.67 bits per heavy atom. The minimum atomic E-state index is -0.801. The fourth-order valence-corrected chi connectivity index (χ4v) is 0.650. The van der Waals surface area contributed by atoms with Gasteiger partial charge in [-0.15, -0.1) is 0 Å². The highest BCUT2D eigenvalue weighted by atomic mass is 16.5. The molecule has 0 bridgehead atoms.